The first-order chi connectivity index (χ1) is 9.16. The van der Waals surface area contributed by atoms with Gasteiger partial charge in [0, 0.05) is 3.57 Å². The van der Waals surface area contributed by atoms with E-state index in [1.165, 1.54) is 4.90 Å². The van der Waals surface area contributed by atoms with Crippen LogP contribution in [-0.2, 0) is 9.59 Å². The Balaban J connectivity index is 1.73. The maximum absolute atomic E-state index is 12.6. The lowest BCUT2D eigenvalue weighted by atomic mass is 9.81. The fourth-order valence-corrected chi connectivity index (χ4v) is 4.61. The summed E-state index contributed by atoms with van der Waals surface area (Å²) in [6, 6.07) is 7.64. The smallest absolute Gasteiger partial charge is 0.237 e. The molecule has 3 nitrogen and oxygen atoms in total. The van der Waals surface area contributed by atoms with Crippen LogP contribution in [-0.4, -0.2) is 11.8 Å². The van der Waals surface area contributed by atoms with Gasteiger partial charge in [0.2, 0.25) is 11.8 Å². The lowest BCUT2D eigenvalue weighted by Crippen LogP contribution is -2.32. The summed E-state index contributed by atoms with van der Waals surface area (Å²) < 4.78 is 1.11. The zero-order chi connectivity index (χ0) is 13.1. The van der Waals surface area contributed by atoms with Crippen molar-refractivity contribution in [1.82, 2.24) is 0 Å². The molecule has 98 valence electrons. The van der Waals surface area contributed by atoms with Crippen molar-refractivity contribution in [3.8, 4) is 0 Å². The average Bonchev–Trinajstić information content (AvgIpc) is 3.06. The van der Waals surface area contributed by atoms with Crippen molar-refractivity contribution in [2.24, 2.45) is 23.7 Å². The molecular formula is C15H14INO2. The predicted molar refractivity (Wildman–Crippen MR) is 79.5 cm³/mol. The first kappa shape index (κ1) is 11.9. The molecule has 0 radical (unpaired) electrons. The minimum Gasteiger partial charge on any atom is -0.274 e. The molecule has 1 aliphatic heterocycles. The minimum atomic E-state index is -0.0227. The Hall–Kier alpha value is -0.910. The number of hydrogen-bond acceptors (Lipinski definition) is 2. The van der Waals surface area contributed by atoms with Crippen LogP contribution < -0.4 is 4.90 Å². The number of benzene rings is 1. The Morgan fingerprint density at radius 2 is 1.47 bits per heavy atom. The van der Waals surface area contributed by atoms with Gasteiger partial charge < -0.3 is 0 Å². The molecule has 1 aromatic carbocycles. The van der Waals surface area contributed by atoms with E-state index in [9.17, 15) is 9.59 Å². The summed E-state index contributed by atoms with van der Waals surface area (Å²) in [6.07, 6.45) is 3.35. The van der Waals surface area contributed by atoms with Crippen molar-refractivity contribution in [3.63, 3.8) is 0 Å². The molecule has 1 heterocycles. The molecule has 3 fully saturated rings. The molecule has 0 spiro atoms. The van der Waals surface area contributed by atoms with Crippen LogP contribution in [0.5, 0.6) is 0 Å². The highest BCUT2D eigenvalue weighted by Gasteiger charge is 2.61. The Kier molecular flexibility index (Phi) is 2.53. The predicted octanol–water partition coefficient (Wildman–Crippen LogP) is 2.83. The number of halogens is 1. The van der Waals surface area contributed by atoms with Gasteiger partial charge in [-0.25, -0.2) is 0 Å². The first-order valence-electron chi connectivity index (χ1n) is 6.80. The third kappa shape index (κ3) is 1.55. The van der Waals surface area contributed by atoms with Crippen LogP contribution in [0.25, 0.3) is 0 Å². The summed E-state index contributed by atoms with van der Waals surface area (Å²) in [7, 11) is 0. The SMILES string of the molecule is O=C1C2C3CCC(C3)C2C(=O)N1c1ccc(I)cc1. The van der Waals surface area contributed by atoms with E-state index in [2.05, 4.69) is 22.6 Å². The van der Waals surface area contributed by atoms with Gasteiger partial charge in [-0.05, 0) is 78.0 Å². The molecule has 4 unspecified atom stereocenters. The monoisotopic (exact) mass is 367 g/mol. The normalized spacial score (nSPS) is 36.2. The van der Waals surface area contributed by atoms with Crippen molar-refractivity contribution in [2.45, 2.75) is 19.3 Å². The fraction of sp³-hybridized carbons (Fsp3) is 0.467. The summed E-state index contributed by atoms with van der Waals surface area (Å²) in [5, 5.41) is 0. The summed E-state index contributed by atoms with van der Waals surface area (Å²) in [6.45, 7) is 0. The second-order valence-electron chi connectivity index (χ2n) is 5.87. The maximum Gasteiger partial charge on any atom is 0.237 e. The van der Waals surface area contributed by atoms with E-state index in [0.29, 0.717) is 11.8 Å². The topological polar surface area (TPSA) is 37.4 Å². The van der Waals surface area contributed by atoms with Crippen molar-refractivity contribution < 1.29 is 9.59 Å². The van der Waals surface area contributed by atoms with Gasteiger partial charge in [-0.3, -0.25) is 14.5 Å². The molecule has 0 N–H and O–H groups in total. The second kappa shape index (κ2) is 4.04. The van der Waals surface area contributed by atoms with Gasteiger partial charge in [-0.1, -0.05) is 0 Å². The minimum absolute atomic E-state index is 0.0227. The summed E-state index contributed by atoms with van der Waals surface area (Å²) in [4.78, 5) is 26.6. The lowest BCUT2D eigenvalue weighted by Gasteiger charge is -2.19. The zero-order valence-electron chi connectivity index (χ0n) is 10.4. The number of fused-ring (bicyclic) bond motifs is 5. The van der Waals surface area contributed by atoms with Gasteiger partial charge in [-0.2, -0.15) is 0 Å². The molecule has 2 amide bonds. The highest BCUT2D eigenvalue weighted by Crippen LogP contribution is 2.56. The zero-order valence-corrected chi connectivity index (χ0v) is 12.5. The van der Waals surface area contributed by atoms with Crippen molar-refractivity contribution >= 4 is 40.1 Å². The average molecular weight is 367 g/mol. The number of rotatable bonds is 1. The van der Waals surface area contributed by atoms with Gasteiger partial charge >= 0.3 is 0 Å². The van der Waals surface area contributed by atoms with Crippen molar-refractivity contribution in [2.75, 3.05) is 4.90 Å². The van der Waals surface area contributed by atoms with Crippen LogP contribution in [0.4, 0.5) is 5.69 Å². The molecule has 19 heavy (non-hydrogen) atoms. The standard InChI is InChI=1S/C15H14INO2/c16-10-3-5-11(6-4-10)17-14(18)12-8-1-2-9(7-8)13(12)15(17)19/h3-6,8-9,12-13H,1-2,7H2. The Morgan fingerprint density at radius 3 is 2.00 bits per heavy atom. The Bertz CT molecular complexity index is 540. The first-order valence-corrected chi connectivity index (χ1v) is 7.88. The Morgan fingerprint density at radius 1 is 0.947 bits per heavy atom. The number of carbonyl (C=O) groups is 2. The van der Waals surface area contributed by atoms with Crippen LogP contribution in [0, 0.1) is 27.2 Å². The van der Waals surface area contributed by atoms with E-state index in [1.54, 1.807) is 0 Å². The Labute approximate surface area is 125 Å². The molecule has 0 aromatic heterocycles. The molecule has 1 saturated heterocycles. The van der Waals surface area contributed by atoms with Crippen LogP contribution in [0.15, 0.2) is 24.3 Å². The highest BCUT2D eigenvalue weighted by molar-refractivity contribution is 14.1. The molecule has 2 bridgehead atoms. The fourth-order valence-electron chi connectivity index (χ4n) is 4.25. The van der Waals surface area contributed by atoms with Crippen LogP contribution in [0.3, 0.4) is 0 Å². The number of hydrogen-bond donors (Lipinski definition) is 0. The van der Waals surface area contributed by atoms with Gasteiger partial charge in [0.25, 0.3) is 0 Å². The lowest BCUT2D eigenvalue weighted by molar-refractivity contribution is -0.123. The van der Waals surface area contributed by atoms with Gasteiger partial charge in [0.05, 0.1) is 17.5 Å². The van der Waals surface area contributed by atoms with Gasteiger partial charge in [-0.15, -0.1) is 0 Å². The summed E-state index contributed by atoms with van der Waals surface area (Å²) in [5.41, 5.74) is 0.740. The molecule has 2 saturated carbocycles. The highest BCUT2D eigenvalue weighted by atomic mass is 127. The quantitative estimate of drug-likeness (QED) is 0.566. The van der Waals surface area contributed by atoms with E-state index in [-0.39, 0.29) is 23.7 Å². The molecule has 4 rings (SSSR count). The molecule has 4 atom stereocenters. The van der Waals surface area contributed by atoms with E-state index in [1.807, 2.05) is 24.3 Å². The summed E-state index contributed by atoms with van der Waals surface area (Å²) >= 11 is 2.23. The van der Waals surface area contributed by atoms with Gasteiger partial charge in [0.1, 0.15) is 0 Å². The third-order valence-corrected chi connectivity index (χ3v) is 5.73. The largest absolute Gasteiger partial charge is 0.274 e. The number of carbonyl (C=O) groups excluding carboxylic acids is 2. The van der Waals surface area contributed by atoms with Crippen LogP contribution in [0.1, 0.15) is 19.3 Å². The van der Waals surface area contributed by atoms with E-state index in [4.69, 9.17) is 0 Å². The number of nitrogens with zero attached hydrogens (tertiary/aromatic N) is 1. The molecule has 1 aromatic rings. The second-order valence-corrected chi connectivity index (χ2v) is 7.12. The maximum atomic E-state index is 12.6. The third-order valence-electron chi connectivity index (χ3n) is 5.01. The van der Waals surface area contributed by atoms with Crippen molar-refractivity contribution in [3.05, 3.63) is 27.8 Å². The molecule has 2 aliphatic carbocycles. The van der Waals surface area contributed by atoms with Gasteiger partial charge in [0.15, 0.2) is 0 Å². The number of imide groups is 1. The molecule has 3 aliphatic rings. The van der Waals surface area contributed by atoms with E-state index in [0.717, 1.165) is 28.5 Å². The van der Waals surface area contributed by atoms with Crippen molar-refractivity contribution in [1.29, 1.82) is 0 Å². The number of amides is 2. The van der Waals surface area contributed by atoms with Crippen LogP contribution in [0.2, 0.25) is 0 Å². The molecular weight excluding hydrogens is 353 g/mol. The van der Waals surface area contributed by atoms with E-state index < -0.39 is 0 Å². The van der Waals surface area contributed by atoms with Crippen LogP contribution >= 0.6 is 22.6 Å². The number of anilines is 1. The van der Waals surface area contributed by atoms with E-state index >= 15 is 0 Å². The molecule has 4 heteroatoms. The summed E-state index contributed by atoms with van der Waals surface area (Å²) in [5.74, 6) is 0.962.